The molecule has 0 fully saturated rings. The Balaban J connectivity index is 4.67. The Morgan fingerprint density at radius 2 is 1.60 bits per heavy atom. The maximum atomic E-state index is 12.2. The van der Waals surface area contributed by atoms with E-state index >= 15 is 0 Å². The lowest BCUT2D eigenvalue weighted by atomic mass is 9.83. The van der Waals surface area contributed by atoms with Gasteiger partial charge in [-0.05, 0) is 11.8 Å². The highest BCUT2D eigenvalue weighted by molar-refractivity contribution is 5.71. The third-order valence-corrected chi connectivity index (χ3v) is 2.38. The molecule has 0 saturated carbocycles. The van der Waals surface area contributed by atoms with Gasteiger partial charge in [0.25, 0.3) is 0 Å². The first-order valence-corrected chi connectivity index (χ1v) is 5.98. The van der Waals surface area contributed by atoms with E-state index in [1.165, 1.54) is 12.1 Å². The fourth-order valence-corrected chi connectivity index (χ4v) is 1.25. The van der Waals surface area contributed by atoms with Gasteiger partial charge >= 0.3 is 12.1 Å². The minimum atomic E-state index is -4.48. The summed E-state index contributed by atoms with van der Waals surface area (Å²) in [5.41, 5.74) is -2.30. The molecule has 4 nitrogen and oxygen atoms in total. The summed E-state index contributed by atoms with van der Waals surface area (Å²) in [6.45, 7) is 5.50. The maximum Gasteiger partial charge on any atom is 0.389 e. The van der Waals surface area contributed by atoms with Gasteiger partial charge in [-0.15, -0.1) is 0 Å². The van der Waals surface area contributed by atoms with Crippen LogP contribution in [0.3, 0.4) is 0 Å². The van der Waals surface area contributed by atoms with E-state index < -0.39 is 36.8 Å². The van der Waals surface area contributed by atoms with Crippen molar-refractivity contribution in [2.24, 2.45) is 10.8 Å². The van der Waals surface area contributed by atoms with Crippen molar-refractivity contribution in [1.29, 1.82) is 10.5 Å². The molecule has 0 saturated heterocycles. The van der Waals surface area contributed by atoms with E-state index in [2.05, 4.69) is 0 Å². The molecular formula is C13H17F3N2O2. The molecule has 0 aromatic heterocycles. The van der Waals surface area contributed by atoms with E-state index in [1.807, 2.05) is 20.8 Å². The minimum Gasteiger partial charge on any atom is -0.465 e. The van der Waals surface area contributed by atoms with Gasteiger partial charge in [-0.1, -0.05) is 20.8 Å². The molecule has 0 aliphatic rings. The fourth-order valence-electron chi connectivity index (χ4n) is 1.25. The molecule has 0 N–H and O–H groups in total. The van der Waals surface area contributed by atoms with E-state index in [1.54, 1.807) is 0 Å². The minimum absolute atomic E-state index is 0.0675. The first-order chi connectivity index (χ1) is 8.93. The van der Waals surface area contributed by atoms with Crippen LogP contribution in [0.4, 0.5) is 13.2 Å². The standard InChI is InChI=1S/C13H17F3N2O2/c1-11(2,3)9-20-10(19)6-12(7-17,8-18)4-5-13(14,15)16/h4-6,9H2,1-3H3. The monoisotopic (exact) mass is 290 g/mol. The van der Waals surface area contributed by atoms with Crippen LogP contribution in [-0.2, 0) is 9.53 Å². The fraction of sp³-hybridized carbons (Fsp3) is 0.769. The SMILES string of the molecule is CC(C)(C)COC(=O)CC(C#N)(C#N)CCC(F)(F)F. The Hall–Kier alpha value is -1.76. The van der Waals surface area contributed by atoms with E-state index in [0.717, 1.165) is 0 Å². The van der Waals surface area contributed by atoms with Crippen molar-refractivity contribution in [2.75, 3.05) is 6.61 Å². The highest BCUT2D eigenvalue weighted by Crippen LogP contribution is 2.33. The molecule has 0 unspecified atom stereocenters. The Kier molecular flexibility index (Phi) is 6.02. The van der Waals surface area contributed by atoms with E-state index in [9.17, 15) is 18.0 Å². The van der Waals surface area contributed by atoms with Crippen LogP contribution in [0.15, 0.2) is 0 Å². The highest BCUT2D eigenvalue weighted by Gasteiger charge is 2.39. The number of carbonyl (C=O) groups is 1. The molecule has 0 rings (SSSR count). The predicted molar refractivity (Wildman–Crippen MR) is 64.0 cm³/mol. The molecule has 0 heterocycles. The number of halogens is 3. The summed E-state index contributed by atoms with van der Waals surface area (Å²) in [6.07, 6.45) is -7.17. The number of carbonyl (C=O) groups excluding carboxylic acids is 1. The summed E-state index contributed by atoms with van der Waals surface area (Å²) >= 11 is 0. The molecule has 0 amide bonds. The van der Waals surface area contributed by atoms with E-state index in [4.69, 9.17) is 15.3 Å². The van der Waals surface area contributed by atoms with Gasteiger partial charge in [-0.3, -0.25) is 4.79 Å². The Labute approximate surface area is 116 Å². The second-order valence-electron chi connectivity index (χ2n) is 5.82. The largest absolute Gasteiger partial charge is 0.465 e. The first-order valence-electron chi connectivity index (χ1n) is 5.98. The van der Waals surface area contributed by atoms with Crippen molar-refractivity contribution in [3.05, 3.63) is 0 Å². The number of nitriles is 2. The molecule has 20 heavy (non-hydrogen) atoms. The summed E-state index contributed by atoms with van der Waals surface area (Å²) < 4.78 is 41.4. The second kappa shape index (κ2) is 6.60. The van der Waals surface area contributed by atoms with Gasteiger partial charge in [0.05, 0.1) is 25.2 Å². The molecule has 112 valence electrons. The molecule has 0 aromatic carbocycles. The molecule has 0 aliphatic heterocycles. The molecular weight excluding hydrogens is 273 g/mol. The smallest absolute Gasteiger partial charge is 0.389 e. The highest BCUT2D eigenvalue weighted by atomic mass is 19.4. The number of esters is 1. The van der Waals surface area contributed by atoms with Gasteiger partial charge in [0, 0.05) is 6.42 Å². The molecule has 7 heteroatoms. The van der Waals surface area contributed by atoms with Crippen LogP contribution >= 0.6 is 0 Å². The normalized spacial score (nSPS) is 12.4. The van der Waals surface area contributed by atoms with Gasteiger partial charge in [0.2, 0.25) is 0 Å². The van der Waals surface area contributed by atoms with Crippen LogP contribution < -0.4 is 0 Å². The number of hydrogen-bond donors (Lipinski definition) is 0. The van der Waals surface area contributed by atoms with Crippen LogP contribution in [0.5, 0.6) is 0 Å². The molecule has 0 bridgehead atoms. The molecule has 0 atom stereocenters. The van der Waals surface area contributed by atoms with Gasteiger partial charge in [-0.2, -0.15) is 23.7 Å². The van der Waals surface area contributed by atoms with Crippen molar-refractivity contribution in [2.45, 2.75) is 46.2 Å². The van der Waals surface area contributed by atoms with Crippen LogP contribution in [0.25, 0.3) is 0 Å². The lowest BCUT2D eigenvalue weighted by molar-refractivity contribution is -0.150. The summed E-state index contributed by atoms with van der Waals surface area (Å²) in [5, 5.41) is 17.8. The van der Waals surface area contributed by atoms with Crippen molar-refractivity contribution < 1.29 is 22.7 Å². The van der Waals surface area contributed by atoms with Crippen molar-refractivity contribution in [1.82, 2.24) is 0 Å². The predicted octanol–water partition coefficient (Wildman–Crippen LogP) is 3.34. The summed E-state index contributed by atoms with van der Waals surface area (Å²) in [5.74, 6) is -0.842. The number of rotatable bonds is 5. The third kappa shape index (κ3) is 7.63. The maximum absolute atomic E-state index is 12.2. The van der Waals surface area contributed by atoms with Crippen LogP contribution in [-0.4, -0.2) is 18.8 Å². The average Bonchev–Trinajstić information content (AvgIpc) is 2.30. The van der Waals surface area contributed by atoms with Gasteiger partial charge < -0.3 is 4.74 Å². The molecule has 0 spiro atoms. The molecule has 0 radical (unpaired) electrons. The van der Waals surface area contributed by atoms with Crippen molar-refractivity contribution in [3.63, 3.8) is 0 Å². The number of alkyl halides is 3. The number of hydrogen-bond acceptors (Lipinski definition) is 4. The molecule has 0 aromatic rings. The van der Waals surface area contributed by atoms with E-state index in [-0.39, 0.29) is 12.0 Å². The van der Waals surface area contributed by atoms with Gasteiger partial charge in [-0.25, -0.2) is 0 Å². The first kappa shape index (κ1) is 18.2. The second-order valence-corrected chi connectivity index (χ2v) is 5.82. The molecule has 0 aliphatic carbocycles. The Bertz CT molecular complexity index is 411. The summed E-state index contributed by atoms with van der Waals surface area (Å²) in [4.78, 5) is 11.5. The van der Waals surface area contributed by atoms with Crippen molar-refractivity contribution >= 4 is 5.97 Å². The zero-order chi connectivity index (χ0) is 16.0. The van der Waals surface area contributed by atoms with Crippen LogP contribution in [0.1, 0.15) is 40.0 Å². The van der Waals surface area contributed by atoms with E-state index in [0.29, 0.717) is 0 Å². The quantitative estimate of drug-likeness (QED) is 0.728. The Morgan fingerprint density at radius 1 is 1.10 bits per heavy atom. The topological polar surface area (TPSA) is 73.9 Å². The summed E-state index contributed by atoms with van der Waals surface area (Å²) in [6, 6.07) is 3.01. The zero-order valence-corrected chi connectivity index (χ0v) is 11.7. The van der Waals surface area contributed by atoms with Gasteiger partial charge in [0.1, 0.15) is 0 Å². The lowest BCUT2D eigenvalue weighted by Gasteiger charge is -2.21. The van der Waals surface area contributed by atoms with Crippen LogP contribution in [0, 0.1) is 33.5 Å². The lowest BCUT2D eigenvalue weighted by Crippen LogP contribution is -2.27. The average molecular weight is 290 g/mol. The number of ether oxygens (including phenoxy) is 1. The number of nitrogens with zero attached hydrogens (tertiary/aromatic N) is 2. The van der Waals surface area contributed by atoms with Gasteiger partial charge in [0.15, 0.2) is 5.41 Å². The zero-order valence-electron chi connectivity index (χ0n) is 11.7. The Morgan fingerprint density at radius 3 is 1.95 bits per heavy atom. The van der Waals surface area contributed by atoms with Crippen molar-refractivity contribution in [3.8, 4) is 12.1 Å². The third-order valence-electron chi connectivity index (χ3n) is 2.38. The van der Waals surface area contributed by atoms with Crippen LogP contribution in [0.2, 0.25) is 0 Å². The summed E-state index contributed by atoms with van der Waals surface area (Å²) in [7, 11) is 0.